The number of hydrogen-bond acceptors (Lipinski definition) is 5. The molecule has 7 heteroatoms. The number of aromatic amines is 1. The average molecular weight is 368 g/mol. The Bertz CT molecular complexity index is 706. The number of halogens is 1. The van der Waals surface area contributed by atoms with Crippen LogP contribution >= 0.6 is 23.4 Å². The number of piperazine rings is 1. The fourth-order valence-corrected chi connectivity index (χ4v) is 4.68. The SMILES string of the molecule is CN(C)CC(C)(C)Sc1nc2cc(N3CCNCC3)c(Cl)cc2[nH]1. The van der Waals surface area contributed by atoms with Crippen molar-refractivity contribution >= 4 is 40.1 Å². The lowest BCUT2D eigenvalue weighted by Gasteiger charge is -2.30. The molecule has 0 atom stereocenters. The second kappa shape index (κ2) is 7.12. The minimum atomic E-state index is 0.0859. The van der Waals surface area contributed by atoms with Gasteiger partial charge in [-0.1, -0.05) is 23.4 Å². The van der Waals surface area contributed by atoms with Crippen molar-refractivity contribution in [1.29, 1.82) is 0 Å². The predicted molar refractivity (Wildman–Crippen MR) is 105 cm³/mol. The largest absolute Gasteiger partial charge is 0.368 e. The van der Waals surface area contributed by atoms with Gasteiger partial charge in [0, 0.05) is 37.5 Å². The van der Waals surface area contributed by atoms with E-state index in [0.717, 1.165) is 59.6 Å². The van der Waals surface area contributed by atoms with E-state index in [4.69, 9.17) is 16.6 Å². The van der Waals surface area contributed by atoms with Crippen LogP contribution in [0.2, 0.25) is 5.02 Å². The summed E-state index contributed by atoms with van der Waals surface area (Å²) in [5.41, 5.74) is 3.07. The number of nitrogens with one attached hydrogen (secondary N) is 2. The van der Waals surface area contributed by atoms with E-state index in [9.17, 15) is 0 Å². The lowest BCUT2D eigenvalue weighted by atomic mass is 10.2. The third-order valence-electron chi connectivity index (χ3n) is 4.06. The molecule has 0 aliphatic carbocycles. The summed E-state index contributed by atoms with van der Waals surface area (Å²) in [7, 11) is 4.20. The van der Waals surface area contributed by atoms with E-state index in [1.807, 2.05) is 6.07 Å². The maximum absolute atomic E-state index is 6.52. The van der Waals surface area contributed by atoms with Crippen molar-refractivity contribution in [3.8, 4) is 0 Å². The first-order valence-electron chi connectivity index (χ1n) is 8.33. The number of imidazole rings is 1. The lowest BCUT2D eigenvalue weighted by Crippen LogP contribution is -2.43. The first-order chi connectivity index (χ1) is 11.3. The fourth-order valence-electron chi connectivity index (χ4n) is 3.25. The molecule has 1 aliphatic rings. The van der Waals surface area contributed by atoms with Gasteiger partial charge < -0.3 is 20.1 Å². The number of rotatable bonds is 5. The summed E-state index contributed by atoms with van der Waals surface area (Å²) in [6.07, 6.45) is 0. The predicted octanol–water partition coefficient (Wildman–Crippen LogP) is 3.06. The van der Waals surface area contributed by atoms with Crippen LogP contribution in [0, 0.1) is 0 Å². The molecule has 1 aliphatic heterocycles. The van der Waals surface area contributed by atoms with Crippen LogP contribution in [0.4, 0.5) is 5.69 Å². The van der Waals surface area contributed by atoms with Gasteiger partial charge in [0.1, 0.15) is 0 Å². The lowest BCUT2D eigenvalue weighted by molar-refractivity contribution is 0.373. The molecule has 3 rings (SSSR count). The summed E-state index contributed by atoms with van der Waals surface area (Å²) in [5.74, 6) is 0. The van der Waals surface area contributed by atoms with Crippen LogP contribution in [0.25, 0.3) is 11.0 Å². The van der Waals surface area contributed by atoms with Gasteiger partial charge in [0.15, 0.2) is 5.16 Å². The highest BCUT2D eigenvalue weighted by molar-refractivity contribution is 8.00. The highest BCUT2D eigenvalue weighted by Crippen LogP contribution is 2.35. The molecular formula is C17H26ClN5S. The van der Waals surface area contributed by atoms with Crippen molar-refractivity contribution in [3.63, 3.8) is 0 Å². The first-order valence-corrected chi connectivity index (χ1v) is 9.52. The highest BCUT2D eigenvalue weighted by Gasteiger charge is 2.23. The summed E-state index contributed by atoms with van der Waals surface area (Å²) >= 11 is 8.30. The molecule has 0 saturated carbocycles. The second-order valence-corrected chi connectivity index (χ2v) is 9.30. The molecule has 2 N–H and O–H groups in total. The van der Waals surface area contributed by atoms with Gasteiger partial charge in [-0.15, -0.1) is 0 Å². The molecule has 0 spiro atoms. The Morgan fingerprint density at radius 3 is 2.67 bits per heavy atom. The van der Waals surface area contributed by atoms with Crippen molar-refractivity contribution in [2.75, 3.05) is 51.7 Å². The summed E-state index contributed by atoms with van der Waals surface area (Å²) < 4.78 is 0.0859. The number of nitrogens with zero attached hydrogens (tertiary/aromatic N) is 3. The Balaban J connectivity index is 1.85. The average Bonchev–Trinajstić information content (AvgIpc) is 2.85. The van der Waals surface area contributed by atoms with Crippen molar-refractivity contribution in [3.05, 3.63) is 17.2 Å². The van der Waals surface area contributed by atoms with Crippen molar-refractivity contribution in [2.45, 2.75) is 23.8 Å². The zero-order valence-electron chi connectivity index (χ0n) is 14.8. The third kappa shape index (κ3) is 4.17. The Kier molecular flexibility index (Phi) is 5.30. The van der Waals surface area contributed by atoms with Gasteiger partial charge in [-0.25, -0.2) is 4.98 Å². The van der Waals surface area contributed by atoms with Gasteiger partial charge in [0.2, 0.25) is 0 Å². The van der Waals surface area contributed by atoms with Gasteiger partial charge in [-0.2, -0.15) is 0 Å². The van der Waals surface area contributed by atoms with E-state index in [1.165, 1.54) is 0 Å². The molecule has 24 heavy (non-hydrogen) atoms. The van der Waals surface area contributed by atoms with E-state index >= 15 is 0 Å². The quantitative estimate of drug-likeness (QED) is 0.795. The smallest absolute Gasteiger partial charge is 0.166 e. The maximum Gasteiger partial charge on any atom is 0.166 e. The number of thioether (sulfide) groups is 1. The molecule has 2 aromatic rings. The molecule has 1 aromatic carbocycles. The molecule has 0 radical (unpaired) electrons. The Morgan fingerprint density at radius 1 is 1.29 bits per heavy atom. The zero-order chi connectivity index (χ0) is 17.3. The number of anilines is 1. The Morgan fingerprint density at radius 2 is 2.00 bits per heavy atom. The second-order valence-electron chi connectivity index (χ2n) is 7.20. The Hall–Kier alpha value is -0.950. The number of H-pyrrole nitrogens is 1. The van der Waals surface area contributed by atoms with Crippen LogP contribution in [0.15, 0.2) is 17.3 Å². The number of hydrogen-bond donors (Lipinski definition) is 2. The number of benzene rings is 1. The Labute approximate surface area is 153 Å². The van der Waals surface area contributed by atoms with E-state index in [1.54, 1.807) is 11.8 Å². The molecule has 2 heterocycles. The minimum Gasteiger partial charge on any atom is -0.368 e. The minimum absolute atomic E-state index is 0.0859. The molecule has 1 saturated heterocycles. The number of fused-ring (bicyclic) bond motifs is 1. The summed E-state index contributed by atoms with van der Waals surface area (Å²) in [4.78, 5) is 12.7. The normalized spacial score (nSPS) is 16.3. The van der Waals surface area contributed by atoms with Crippen LogP contribution in [-0.4, -0.2) is 66.4 Å². The fraction of sp³-hybridized carbons (Fsp3) is 0.588. The topological polar surface area (TPSA) is 47.2 Å². The summed E-state index contributed by atoms with van der Waals surface area (Å²) in [6, 6.07) is 4.12. The summed E-state index contributed by atoms with van der Waals surface area (Å²) in [5, 5.41) is 5.11. The highest BCUT2D eigenvalue weighted by atomic mass is 35.5. The number of aromatic nitrogens is 2. The molecule has 1 fully saturated rings. The van der Waals surface area contributed by atoms with E-state index in [-0.39, 0.29) is 4.75 Å². The first kappa shape index (κ1) is 17.9. The molecule has 0 bridgehead atoms. The van der Waals surface area contributed by atoms with Gasteiger partial charge >= 0.3 is 0 Å². The van der Waals surface area contributed by atoms with Gasteiger partial charge in [0.25, 0.3) is 0 Å². The van der Waals surface area contributed by atoms with Crippen molar-refractivity contribution in [1.82, 2.24) is 20.2 Å². The van der Waals surface area contributed by atoms with Gasteiger partial charge in [0.05, 0.1) is 21.7 Å². The summed E-state index contributed by atoms with van der Waals surface area (Å²) in [6.45, 7) is 9.42. The molecular weight excluding hydrogens is 342 g/mol. The van der Waals surface area contributed by atoms with Crippen LogP contribution in [-0.2, 0) is 0 Å². The molecule has 5 nitrogen and oxygen atoms in total. The molecule has 1 aromatic heterocycles. The third-order valence-corrected chi connectivity index (χ3v) is 5.43. The zero-order valence-corrected chi connectivity index (χ0v) is 16.4. The van der Waals surface area contributed by atoms with E-state index < -0.39 is 0 Å². The van der Waals surface area contributed by atoms with Crippen LogP contribution in [0.3, 0.4) is 0 Å². The van der Waals surface area contributed by atoms with E-state index in [0.29, 0.717) is 0 Å². The van der Waals surface area contributed by atoms with Crippen molar-refractivity contribution < 1.29 is 0 Å². The van der Waals surface area contributed by atoms with Gasteiger partial charge in [-0.05, 0) is 40.1 Å². The van der Waals surface area contributed by atoms with Gasteiger partial charge in [-0.3, -0.25) is 0 Å². The van der Waals surface area contributed by atoms with Crippen LogP contribution < -0.4 is 10.2 Å². The van der Waals surface area contributed by atoms with Crippen LogP contribution in [0.1, 0.15) is 13.8 Å². The van der Waals surface area contributed by atoms with Crippen molar-refractivity contribution in [2.24, 2.45) is 0 Å². The monoisotopic (exact) mass is 367 g/mol. The molecule has 0 unspecified atom stereocenters. The maximum atomic E-state index is 6.52. The molecule has 132 valence electrons. The van der Waals surface area contributed by atoms with Crippen LogP contribution in [0.5, 0.6) is 0 Å². The standard InChI is InChI=1S/C17H26ClN5S/c1-17(2,11-22(3)4)24-16-20-13-9-12(18)15(10-14(13)21-16)23-7-5-19-6-8-23/h9-10,19H,5-8,11H2,1-4H3,(H,20,21). The molecule has 0 amide bonds. The van der Waals surface area contributed by atoms with E-state index in [2.05, 4.69) is 54.1 Å².